The summed E-state index contributed by atoms with van der Waals surface area (Å²) in [6.45, 7) is 0. The van der Waals surface area contributed by atoms with Crippen molar-refractivity contribution in [1.82, 2.24) is 0 Å². The minimum Gasteiger partial charge on any atom is -0.279 e. The number of nitrogens with one attached hydrogen (secondary N) is 1. The zero-order chi connectivity index (χ0) is 14.9. The van der Waals surface area contributed by atoms with Crippen molar-refractivity contribution in [3.05, 3.63) is 58.3 Å². The first-order valence-corrected chi connectivity index (χ1v) is 7.50. The molecule has 2 rings (SSSR count). The van der Waals surface area contributed by atoms with Gasteiger partial charge in [-0.25, -0.2) is 21.6 Å². The summed E-state index contributed by atoms with van der Waals surface area (Å²) in [5.41, 5.74) is -0.102. The predicted octanol–water partition coefficient (Wildman–Crippen LogP) is 3.67. The van der Waals surface area contributed by atoms with Crippen molar-refractivity contribution in [2.24, 2.45) is 0 Å². The lowest BCUT2D eigenvalue weighted by Crippen LogP contribution is -2.15. The summed E-state index contributed by atoms with van der Waals surface area (Å²) in [5, 5.41) is 0. The lowest BCUT2D eigenvalue weighted by atomic mass is 10.3. The smallest absolute Gasteiger partial charge is 0.264 e. The Kier molecular flexibility index (Phi) is 4.05. The van der Waals surface area contributed by atoms with Crippen LogP contribution >= 0.6 is 15.9 Å². The van der Waals surface area contributed by atoms with Gasteiger partial charge in [0.05, 0.1) is 10.2 Å². The first-order chi connectivity index (χ1) is 9.29. The molecule has 0 aliphatic heterocycles. The second kappa shape index (κ2) is 5.45. The highest BCUT2D eigenvalue weighted by Crippen LogP contribution is 2.23. The second-order valence-corrected chi connectivity index (χ2v) is 6.31. The van der Waals surface area contributed by atoms with Crippen LogP contribution in [0.3, 0.4) is 0 Å². The van der Waals surface area contributed by atoms with E-state index in [1.165, 1.54) is 12.1 Å². The molecule has 0 fully saturated rings. The Morgan fingerprint density at radius 1 is 0.950 bits per heavy atom. The Morgan fingerprint density at radius 3 is 2.30 bits per heavy atom. The molecule has 20 heavy (non-hydrogen) atoms. The number of anilines is 1. The molecule has 0 amide bonds. The van der Waals surface area contributed by atoms with Crippen LogP contribution in [0.15, 0.2) is 45.8 Å². The molecule has 0 aliphatic carbocycles. The van der Waals surface area contributed by atoms with Crippen LogP contribution in [-0.4, -0.2) is 8.42 Å². The van der Waals surface area contributed by atoms with E-state index >= 15 is 0 Å². The van der Waals surface area contributed by atoms with Gasteiger partial charge < -0.3 is 0 Å². The molecule has 0 aliphatic rings. The normalized spacial score (nSPS) is 11.4. The van der Waals surface area contributed by atoms with E-state index in [0.29, 0.717) is 12.1 Å². The minimum absolute atomic E-state index is 0.102. The summed E-state index contributed by atoms with van der Waals surface area (Å²) in [4.78, 5) is -0.846. The van der Waals surface area contributed by atoms with E-state index in [1.807, 2.05) is 4.72 Å². The van der Waals surface area contributed by atoms with Gasteiger partial charge in [0.1, 0.15) is 22.3 Å². The Balaban J connectivity index is 2.40. The summed E-state index contributed by atoms with van der Waals surface area (Å²) < 4.78 is 65.7. The zero-order valence-electron chi connectivity index (χ0n) is 9.70. The van der Waals surface area contributed by atoms with Crippen molar-refractivity contribution in [1.29, 1.82) is 0 Å². The Morgan fingerprint density at radius 2 is 1.65 bits per heavy atom. The lowest BCUT2D eigenvalue weighted by molar-refractivity contribution is 0.555. The highest BCUT2D eigenvalue weighted by Gasteiger charge is 2.20. The average molecular weight is 366 g/mol. The SMILES string of the molecule is O=S(=O)(Nc1ccc(Br)c(F)c1)c1cc(F)ccc1F. The fraction of sp³-hybridized carbons (Fsp3) is 0. The molecule has 0 saturated carbocycles. The van der Waals surface area contributed by atoms with Gasteiger partial charge in [-0.15, -0.1) is 0 Å². The Hall–Kier alpha value is -1.54. The molecular weight excluding hydrogens is 359 g/mol. The number of rotatable bonds is 3. The third-order valence-corrected chi connectivity index (χ3v) is 4.39. The quantitative estimate of drug-likeness (QED) is 0.901. The molecule has 1 N–H and O–H groups in total. The van der Waals surface area contributed by atoms with Crippen LogP contribution in [-0.2, 0) is 10.0 Å². The molecule has 0 atom stereocenters. The molecular formula is C12H7BrF3NO2S. The van der Waals surface area contributed by atoms with Crippen molar-refractivity contribution >= 4 is 31.6 Å². The van der Waals surface area contributed by atoms with Gasteiger partial charge in [0.15, 0.2) is 0 Å². The van der Waals surface area contributed by atoms with Gasteiger partial charge in [-0.1, -0.05) is 0 Å². The van der Waals surface area contributed by atoms with Crippen LogP contribution in [0.25, 0.3) is 0 Å². The molecule has 0 heterocycles. The molecule has 0 saturated heterocycles. The molecule has 3 nitrogen and oxygen atoms in total. The molecule has 0 aromatic heterocycles. The summed E-state index contributed by atoms with van der Waals surface area (Å²) in [6, 6.07) is 5.53. The number of benzene rings is 2. The van der Waals surface area contributed by atoms with Crippen LogP contribution < -0.4 is 4.72 Å². The van der Waals surface area contributed by atoms with Crippen molar-refractivity contribution in [2.45, 2.75) is 4.90 Å². The van der Waals surface area contributed by atoms with Crippen LogP contribution in [0, 0.1) is 17.5 Å². The summed E-state index contributed by atoms with van der Waals surface area (Å²) in [5.74, 6) is -2.69. The van der Waals surface area contributed by atoms with Gasteiger partial charge in [-0.05, 0) is 52.3 Å². The number of halogens is 4. The van der Waals surface area contributed by atoms with Crippen LogP contribution in [0.5, 0.6) is 0 Å². The highest BCUT2D eigenvalue weighted by atomic mass is 79.9. The predicted molar refractivity (Wildman–Crippen MR) is 71.3 cm³/mol. The fourth-order valence-electron chi connectivity index (χ4n) is 1.45. The average Bonchev–Trinajstić information content (AvgIpc) is 2.36. The molecule has 2 aromatic carbocycles. The van der Waals surface area contributed by atoms with E-state index < -0.39 is 32.4 Å². The fourth-order valence-corrected chi connectivity index (χ4v) is 2.84. The summed E-state index contributed by atoms with van der Waals surface area (Å²) in [7, 11) is -4.34. The van der Waals surface area contributed by atoms with E-state index in [2.05, 4.69) is 15.9 Å². The number of hydrogen-bond acceptors (Lipinski definition) is 2. The molecule has 0 bridgehead atoms. The van der Waals surface area contributed by atoms with Crippen LogP contribution in [0.4, 0.5) is 18.9 Å². The van der Waals surface area contributed by atoms with E-state index in [9.17, 15) is 21.6 Å². The van der Waals surface area contributed by atoms with Crippen LogP contribution in [0.2, 0.25) is 0 Å². The monoisotopic (exact) mass is 365 g/mol. The van der Waals surface area contributed by atoms with E-state index in [0.717, 1.165) is 12.1 Å². The number of hydrogen-bond donors (Lipinski definition) is 1. The molecule has 2 aromatic rings. The number of sulfonamides is 1. The Labute approximate surface area is 121 Å². The van der Waals surface area contributed by atoms with Crippen LogP contribution in [0.1, 0.15) is 0 Å². The van der Waals surface area contributed by atoms with Crippen molar-refractivity contribution in [3.63, 3.8) is 0 Å². The van der Waals surface area contributed by atoms with Gasteiger partial charge in [0.2, 0.25) is 0 Å². The zero-order valence-corrected chi connectivity index (χ0v) is 12.1. The minimum atomic E-state index is -4.34. The van der Waals surface area contributed by atoms with Crippen molar-refractivity contribution < 1.29 is 21.6 Å². The van der Waals surface area contributed by atoms with Crippen molar-refractivity contribution in [3.8, 4) is 0 Å². The third-order valence-electron chi connectivity index (χ3n) is 2.35. The molecule has 0 unspecified atom stereocenters. The highest BCUT2D eigenvalue weighted by molar-refractivity contribution is 9.10. The summed E-state index contributed by atoms with van der Waals surface area (Å²) in [6.07, 6.45) is 0. The Bertz CT molecular complexity index is 765. The first-order valence-electron chi connectivity index (χ1n) is 5.22. The molecule has 8 heteroatoms. The molecule has 0 radical (unpaired) electrons. The maximum absolute atomic E-state index is 13.4. The van der Waals surface area contributed by atoms with Gasteiger partial charge in [-0.3, -0.25) is 4.72 Å². The van der Waals surface area contributed by atoms with Gasteiger partial charge in [-0.2, -0.15) is 0 Å². The van der Waals surface area contributed by atoms with E-state index in [-0.39, 0.29) is 10.2 Å². The largest absolute Gasteiger partial charge is 0.279 e. The van der Waals surface area contributed by atoms with Gasteiger partial charge in [0.25, 0.3) is 10.0 Å². The van der Waals surface area contributed by atoms with E-state index in [1.54, 1.807) is 0 Å². The first kappa shape index (κ1) is 14.9. The lowest BCUT2D eigenvalue weighted by Gasteiger charge is -2.09. The molecule has 0 spiro atoms. The summed E-state index contributed by atoms with van der Waals surface area (Å²) >= 11 is 2.91. The maximum atomic E-state index is 13.4. The van der Waals surface area contributed by atoms with E-state index in [4.69, 9.17) is 0 Å². The second-order valence-electron chi connectivity index (χ2n) is 3.81. The van der Waals surface area contributed by atoms with Crippen molar-refractivity contribution in [2.75, 3.05) is 4.72 Å². The maximum Gasteiger partial charge on any atom is 0.264 e. The van der Waals surface area contributed by atoms with Gasteiger partial charge in [0, 0.05) is 0 Å². The topological polar surface area (TPSA) is 46.2 Å². The third kappa shape index (κ3) is 3.13. The standard InChI is InChI=1S/C12H7BrF3NO2S/c13-9-3-2-8(6-11(9)16)17-20(18,19)12-5-7(14)1-4-10(12)15/h1-6,17H. The molecule has 106 valence electrons. The van der Waals surface area contributed by atoms with Gasteiger partial charge >= 0.3 is 0 Å².